The summed E-state index contributed by atoms with van der Waals surface area (Å²) in [5.41, 5.74) is 2.46. The van der Waals surface area contributed by atoms with Crippen molar-refractivity contribution >= 4 is 34.6 Å². The Hall–Kier alpha value is -4.00. The average Bonchev–Trinajstić information content (AvgIpc) is 3.09. The Kier molecular flexibility index (Phi) is 6.99. The molecule has 0 spiro atoms. The second-order valence-electron chi connectivity index (χ2n) is 5.65. The summed E-state index contributed by atoms with van der Waals surface area (Å²) in [5, 5.41) is 17.7. The van der Waals surface area contributed by atoms with Gasteiger partial charge in [0.15, 0.2) is 5.78 Å². The van der Waals surface area contributed by atoms with Crippen LogP contribution in [0.5, 0.6) is 0 Å². The fraction of sp³-hybridized carbons (Fsp3) is 0.0476. The molecule has 142 valence electrons. The number of H-pyrrole nitrogens is 1. The first-order valence-corrected chi connectivity index (χ1v) is 8.22. The third-order valence-corrected chi connectivity index (χ3v) is 3.69. The minimum Gasteiger partial charge on any atom is -0.478 e. The summed E-state index contributed by atoms with van der Waals surface area (Å²) in [5.74, 6) is -2.52. The number of carbonyl (C=O) groups excluding carboxylic acids is 1. The Balaban J connectivity index is 0.000000300. The molecule has 0 atom stereocenters. The summed E-state index contributed by atoms with van der Waals surface area (Å²) < 4.78 is 0. The number of carboxylic acid groups (broad SMARTS) is 2. The van der Waals surface area contributed by atoms with E-state index in [4.69, 9.17) is 10.2 Å². The van der Waals surface area contributed by atoms with Crippen molar-refractivity contribution < 1.29 is 24.6 Å². The Bertz CT molecular complexity index is 1040. The zero-order valence-corrected chi connectivity index (χ0v) is 15.0. The molecule has 28 heavy (non-hydrogen) atoms. The summed E-state index contributed by atoms with van der Waals surface area (Å²) >= 11 is 0. The van der Waals surface area contributed by atoms with Crippen LogP contribution in [-0.4, -0.2) is 37.9 Å². The molecule has 0 aliphatic heterocycles. The van der Waals surface area contributed by atoms with Crippen molar-refractivity contribution in [3.05, 3.63) is 84.0 Å². The lowest BCUT2D eigenvalue weighted by molar-refractivity contribution is -0.134. The number of benzene rings is 2. The monoisotopic (exact) mass is 378 g/mol. The van der Waals surface area contributed by atoms with Crippen molar-refractivity contribution in [1.29, 1.82) is 0 Å². The molecule has 1 aromatic heterocycles. The van der Waals surface area contributed by atoms with E-state index in [-0.39, 0.29) is 5.78 Å². The second kappa shape index (κ2) is 9.63. The zero-order chi connectivity index (χ0) is 20.5. The molecule has 0 aliphatic carbocycles. The van der Waals surface area contributed by atoms with Crippen molar-refractivity contribution in [3.63, 3.8) is 0 Å². The largest absolute Gasteiger partial charge is 0.478 e. The zero-order valence-electron chi connectivity index (χ0n) is 15.0. The lowest BCUT2D eigenvalue weighted by Crippen LogP contribution is -1.95. The van der Waals surface area contributed by atoms with Gasteiger partial charge < -0.3 is 15.2 Å². The molecule has 7 nitrogen and oxygen atoms in total. The van der Waals surface area contributed by atoms with Crippen molar-refractivity contribution in [3.8, 4) is 0 Å². The molecular weight excluding hydrogens is 360 g/mol. The SMILES string of the molecule is Cc1[nH]cnc1/C=C/C(=O)c1cccc2ccccc12.O=C(O)/C=C\C(=O)O. The third kappa shape index (κ3) is 5.77. The van der Waals surface area contributed by atoms with Crippen LogP contribution in [0.4, 0.5) is 0 Å². The van der Waals surface area contributed by atoms with Gasteiger partial charge in [-0.05, 0) is 29.8 Å². The lowest BCUT2D eigenvalue weighted by Gasteiger charge is -2.02. The molecule has 3 N–H and O–H groups in total. The Morgan fingerprint density at radius 3 is 2.18 bits per heavy atom. The molecule has 7 heteroatoms. The van der Waals surface area contributed by atoms with Gasteiger partial charge in [0.05, 0.1) is 12.0 Å². The number of hydrogen-bond acceptors (Lipinski definition) is 4. The highest BCUT2D eigenvalue weighted by Crippen LogP contribution is 2.19. The van der Waals surface area contributed by atoms with Crippen molar-refractivity contribution in [1.82, 2.24) is 9.97 Å². The standard InChI is InChI=1S/C17H14N2O.C4H4O4/c1-12-16(19-11-18-12)9-10-17(20)15-8-4-6-13-5-2-3-7-14(13)15;5-3(6)1-2-4(7)8/h2-11H,1H3,(H,18,19);1-2H,(H,5,6)(H,7,8)/b10-9+;2-1-. The highest BCUT2D eigenvalue weighted by Gasteiger charge is 2.07. The number of aromatic nitrogens is 2. The Morgan fingerprint density at radius 1 is 0.929 bits per heavy atom. The highest BCUT2D eigenvalue weighted by molar-refractivity contribution is 6.14. The number of aryl methyl sites for hydroxylation is 1. The summed E-state index contributed by atoms with van der Waals surface area (Å²) in [6.45, 7) is 1.93. The van der Waals surface area contributed by atoms with Gasteiger partial charge in [-0.15, -0.1) is 0 Å². The van der Waals surface area contributed by atoms with E-state index in [9.17, 15) is 14.4 Å². The summed E-state index contributed by atoms with van der Waals surface area (Å²) in [6, 6.07) is 13.7. The molecule has 0 saturated carbocycles. The summed E-state index contributed by atoms with van der Waals surface area (Å²) in [7, 11) is 0. The predicted octanol–water partition coefficient (Wildman–Crippen LogP) is 3.48. The van der Waals surface area contributed by atoms with Gasteiger partial charge in [0, 0.05) is 23.4 Å². The fourth-order valence-electron chi connectivity index (χ4n) is 2.36. The molecule has 0 amide bonds. The van der Waals surface area contributed by atoms with Crippen LogP contribution in [0, 0.1) is 6.92 Å². The molecule has 0 aliphatic rings. The van der Waals surface area contributed by atoms with Crippen LogP contribution in [0.25, 0.3) is 16.8 Å². The second-order valence-corrected chi connectivity index (χ2v) is 5.65. The number of ketones is 1. The first-order valence-electron chi connectivity index (χ1n) is 8.22. The van der Waals surface area contributed by atoms with Gasteiger partial charge in [-0.25, -0.2) is 14.6 Å². The fourth-order valence-corrected chi connectivity index (χ4v) is 2.36. The van der Waals surface area contributed by atoms with Crippen molar-refractivity contribution in [2.45, 2.75) is 6.92 Å². The van der Waals surface area contributed by atoms with Gasteiger partial charge in [0.2, 0.25) is 0 Å². The summed E-state index contributed by atoms with van der Waals surface area (Å²) in [4.78, 5) is 38.6. The number of aromatic amines is 1. The average molecular weight is 378 g/mol. The molecule has 3 rings (SSSR count). The van der Waals surface area contributed by atoms with E-state index in [2.05, 4.69) is 9.97 Å². The topological polar surface area (TPSA) is 120 Å². The van der Waals surface area contributed by atoms with E-state index in [0.717, 1.165) is 22.2 Å². The van der Waals surface area contributed by atoms with Crippen LogP contribution >= 0.6 is 0 Å². The van der Waals surface area contributed by atoms with E-state index in [1.54, 1.807) is 18.5 Å². The molecule has 0 bridgehead atoms. The Morgan fingerprint density at radius 2 is 1.57 bits per heavy atom. The number of imidazole rings is 1. The van der Waals surface area contributed by atoms with E-state index in [1.807, 2.05) is 49.4 Å². The van der Waals surface area contributed by atoms with Gasteiger partial charge in [0.25, 0.3) is 0 Å². The molecule has 3 aromatic rings. The maximum atomic E-state index is 12.3. The highest BCUT2D eigenvalue weighted by atomic mass is 16.4. The molecule has 0 radical (unpaired) electrons. The van der Waals surface area contributed by atoms with Crippen LogP contribution in [0.3, 0.4) is 0 Å². The van der Waals surface area contributed by atoms with Gasteiger partial charge in [-0.3, -0.25) is 4.79 Å². The van der Waals surface area contributed by atoms with E-state index < -0.39 is 11.9 Å². The first kappa shape index (κ1) is 20.3. The number of nitrogens with zero attached hydrogens (tertiary/aromatic N) is 1. The number of aliphatic carboxylic acids is 2. The number of allylic oxidation sites excluding steroid dienone is 1. The van der Waals surface area contributed by atoms with Crippen molar-refractivity contribution in [2.24, 2.45) is 0 Å². The number of nitrogens with one attached hydrogen (secondary N) is 1. The number of fused-ring (bicyclic) bond motifs is 1. The van der Waals surface area contributed by atoms with Crippen LogP contribution in [0.15, 0.2) is 67.0 Å². The molecule has 0 unspecified atom stereocenters. The van der Waals surface area contributed by atoms with E-state index in [0.29, 0.717) is 17.7 Å². The number of hydrogen-bond donors (Lipinski definition) is 3. The van der Waals surface area contributed by atoms with Gasteiger partial charge in [0.1, 0.15) is 0 Å². The minimum absolute atomic E-state index is 0.0100. The van der Waals surface area contributed by atoms with Crippen LogP contribution in [-0.2, 0) is 9.59 Å². The maximum Gasteiger partial charge on any atom is 0.328 e. The quantitative estimate of drug-likeness (QED) is 0.462. The minimum atomic E-state index is -1.26. The van der Waals surface area contributed by atoms with E-state index >= 15 is 0 Å². The van der Waals surface area contributed by atoms with Crippen LogP contribution in [0.2, 0.25) is 0 Å². The third-order valence-electron chi connectivity index (χ3n) is 3.69. The number of carboxylic acids is 2. The van der Waals surface area contributed by atoms with Gasteiger partial charge >= 0.3 is 11.9 Å². The van der Waals surface area contributed by atoms with Crippen molar-refractivity contribution in [2.75, 3.05) is 0 Å². The van der Waals surface area contributed by atoms with Gasteiger partial charge in [-0.1, -0.05) is 42.5 Å². The normalized spacial score (nSPS) is 10.8. The summed E-state index contributed by atoms with van der Waals surface area (Å²) in [6.07, 6.45) is 6.06. The molecule has 0 saturated heterocycles. The first-order chi connectivity index (χ1) is 13.4. The predicted molar refractivity (Wildman–Crippen MR) is 105 cm³/mol. The molecule has 2 aromatic carbocycles. The molecule has 0 fully saturated rings. The number of rotatable bonds is 5. The van der Waals surface area contributed by atoms with E-state index in [1.165, 1.54) is 0 Å². The lowest BCUT2D eigenvalue weighted by atomic mass is 10.0. The molecular formula is C21H18N2O5. The Labute approximate surface area is 160 Å². The van der Waals surface area contributed by atoms with Crippen LogP contribution < -0.4 is 0 Å². The van der Waals surface area contributed by atoms with Crippen LogP contribution in [0.1, 0.15) is 21.7 Å². The maximum absolute atomic E-state index is 12.3. The molecule has 1 heterocycles. The van der Waals surface area contributed by atoms with Gasteiger partial charge in [-0.2, -0.15) is 0 Å². The number of carbonyl (C=O) groups is 3. The smallest absolute Gasteiger partial charge is 0.328 e.